The third kappa shape index (κ3) is 5.20. The largest absolute Gasteiger partial charge is 0.379 e. The van der Waals surface area contributed by atoms with Crippen molar-refractivity contribution in [3.8, 4) is 0 Å². The van der Waals surface area contributed by atoms with Crippen molar-refractivity contribution in [3.05, 3.63) is 59.1 Å². The molecular weight excluding hydrogens is 390 g/mol. The average Bonchev–Trinajstić information content (AvgIpc) is 2.69. The van der Waals surface area contributed by atoms with Gasteiger partial charge < -0.3 is 15.4 Å². The number of sulfonamides is 1. The molecule has 3 rings (SSSR count). The second-order valence-corrected chi connectivity index (χ2v) is 8.35. The Morgan fingerprint density at radius 3 is 2.30 bits per heavy atom. The Bertz CT molecular complexity index is 880. The van der Waals surface area contributed by atoms with Crippen LogP contribution in [0.4, 0.5) is 10.5 Å². The standard InChI is InChI=1S/C18H20ClN3O4S/c19-15-3-5-16(6-4-15)21-18(23)20-13-14-1-7-17(8-2-14)27(24,25)22-9-11-26-12-10-22/h1-8H,9-13H2,(H2,20,21,23). The van der Waals surface area contributed by atoms with Crippen LogP contribution >= 0.6 is 11.6 Å². The summed E-state index contributed by atoms with van der Waals surface area (Å²) >= 11 is 5.80. The minimum absolute atomic E-state index is 0.235. The maximum absolute atomic E-state index is 12.6. The molecule has 144 valence electrons. The molecular formula is C18H20ClN3O4S. The molecule has 0 aromatic heterocycles. The number of carbonyl (C=O) groups excluding carboxylic acids is 1. The lowest BCUT2D eigenvalue weighted by Crippen LogP contribution is -2.40. The fraction of sp³-hybridized carbons (Fsp3) is 0.278. The van der Waals surface area contributed by atoms with Crippen LogP contribution in [0.2, 0.25) is 5.02 Å². The van der Waals surface area contributed by atoms with Crippen LogP contribution in [0.5, 0.6) is 0 Å². The Morgan fingerprint density at radius 1 is 1.04 bits per heavy atom. The molecule has 7 nitrogen and oxygen atoms in total. The van der Waals surface area contributed by atoms with E-state index in [1.165, 1.54) is 4.31 Å². The van der Waals surface area contributed by atoms with Gasteiger partial charge in [-0.2, -0.15) is 4.31 Å². The van der Waals surface area contributed by atoms with Crippen LogP contribution in [-0.2, 0) is 21.3 Å². The Balaban J connectivity index is 1.55. The molecule has 0 aliphatic carbocycles. The normalized spacial score (nSPS) is 15.3. The van der Waals surface area contributed by atoms with Gasteiger partial charge in [-0.3, -0.25) is 0 Å². The molecule has 1 fully saturated rings. The summed E-state index contributed by atoms with van der Waals surface area (Å²) in [4.78, 5) is 12.2. The molecule has 2 aromatic rings. The van der Waals surface area contributed by atoms with E-state index >= 15 is 0 Å². The summed E-state index contributed by atoms with van der Waals surface area (Å²) < 4.78 is 31.8. The maximum atomic E-state index is 12.6. The molecule has 1 heterocycles. The van der Waals surface area contributed by atoms with Gasteiger partial charge in [0.25, 0.3) is 0 Å². The molecule has 27 heavy (non-hydrogen) atoms. The molecule has 0 bridgehead atoms. The van der Waals surface area contributed by atoms with Crippen molar-refractivity contribution in [2.75, 3.05) is 31.6 Å². The van der Waals surface area contributed by atoms with E-state index in [0.717, 1.165) is 5.56 Å². The van der Waals surface area contributed by atoms with Crippen molar-refractivity contribution in [1.29, 1.82) is 0 Å². The predicted octanol–water partition coefficient (Wildman–Crippen LogP) is 2.68. The fourth-order valence-corrected chi connectivity index (χ4v) is 4.14. The molecule has 1 aliphatic rings. The number of rotatable bonds is 5. The van der Waals surface area contributed by atoms with Gasteiger partial charge >= 0.3 is 6.03 Å². The maximum Gasteiger partial charge on any atom is 0.319 e. The van der Waals surface area contributed by atoms with Crippen LogP contribution in [-0.4, -0.2) is 45.1 Å². The molecule has 2 aromatic carbocycles. The van der Waals surface area contributed by atoms with Crippen molar-refractivity contribution in [2.24, 2.45) is 0 Å². The third-order valence-corrected chi connectivity index (χ3v) is 6.25. The first-order valence-electron chi connectivity index (χ1n) is 8.42. The molecule has 0 spiro atoms. The van der Waals surface area contributed by atoms with Crippen LogP contribution in [0.1, 0.15) is 5.56 Å². The highest BCUT2D eigenvalue weighted by Gasteiger charge is 2.26. The number of morpholine rings is 1. The van der Waals surface area contributed by atoms with E-state index < -0.39 is 10.0 Å². The number of nitrogens with one attached hydrogen (secondary N) is 2. The molecule has 0 atom stereocenters. The molecule has 0 saturated carbocycles. The van der Waals surface area contributed by atoms with Crippen molar-refractivity contribution in [2.45, 2.75) is 11.4 Å². The first-order valence-corrected chi connectivity index (χ1v) is 10.2. The van der Waals surface area contributed by atoms with Gasteiger partial charge in [-0.25, -0.2) is 13.2 Å². The lowest BCUT2D eigenvalue weighted by molar-refractivity contribution is 0.0730. The van der Waals surface area contributed by atoms with Crippen LogP contribution < -0.4 is 10.6 Å². The Labute approximate surface area is 163 Å². The van der Waals surface area contributed by atoms with Gasteiger partial charge in [-0.1, -0.05) is 23.7 Å². The Hall–Kier alpha value is -2.13. The van der Waals surface area contributed by atoms with Gasteiger partial charge in [0, 0.05) is 30.3 Å². The summed E-state index contributed by atoms with van der Waals surface area (Å²) in [6.07, 6.45) is 0. The van der Waals surface area contributed by atoms with Crippen molar-refractivity contribution < 1.29 is 17.9 Å². The highest BCUT2D eigenvalue weighted by Crippen LogP contribution is 2.18. The van der Waals surface area contributed by atoms with Gasteiger partial charge in [-0.05, 0) is 42.0 Å². The molecule has 2 N–H and O–H groups in total. The zero-order valence-corrected chi connectivity index (χ0v) is 16.1. The summed E-state index contributed by atoms with van der Waals surface area (Å²) in [7, 11) is -3.51. The van der Waals surface area contributed by atoms with Gasteiger partial charge in [0.05, 0.1) is 18.1 Å². The van der Waals surface area contributed by atoms with Crippen molar-refractivity contribution in [1.82, 2.24) is 9.62 Å². The summed E-state index contributed by atoms with van der Waals surface area (Å²) in [6, 6.07) is 12.9. The summed E-state index contributed by atoms with van der Waals surface area (Å²) in [5, 5.41) is 6.01. The smallest absolute Gasteiger partial charge is 0.319 e. The van der Waals surface area contributed by atoms with E-state index in [0.29, 0.717) is 37.0 Å². The van der Waals surface area contributed by atoms with E-state index in [4.69, 9.17) is 16.3 Å². The van der Waals surface area contributed by atoms with E-state index in [-0.39, 0.29) is 17.5 Å². The number of urea groups is 1. The van der Waals surface area contributed by atoms with Crippen molar-refractivity contribution in [3.63, 3.8) is 0 Å². The topological polar surface area (TPSA) is 87.7 Å². The first kappa shape index (κ1) is 19.6. The number of hydrogen-bond acceptors (Lipinski definition) is 4. The van der Waals surface area contributed by atoms with Crippen LogP contribution in [0.3, 0.4) is 0 Å². The third-order valence-electron chi connectivity index (χ3n) is 4.09. The second kappa shape index (κ2) is 8.71. The van der Waals surface area contributed by atoms with Gasteiger partial charge in [0.1, 0.15) is 0 Å². The molecule has 2 amide bonds. The lowest BCUT2D eigenvalue weighted by atomic mass is 10.2. The van der Waals surface area contributed by atoms with Crippen LogP contribution in [0, 0.1) is 0 Å². The Morgan fingerprint density at radius 2 is 1.67 bits per heavy atom. The molecule has 9 heteroatoms. The lowest BCUT2D eigenvalue weighted by Gasteiger charge is -2.26. The predicted molar refractivity (Wildman–Crippen MR) is 103 cm³/mol. The monoisotopic (exact) mass is 409 g/mol. The second-order valence-electron chi connectivity index (χ2n) is 5.97. The summed E-state index contributed by atoms with van der Waals surface area (Å²) in [6.45, 7) is 1.80. The quantitative estimate of drug-likeness (QED) is 0.794. The number of ether oxygens (including phenoxy) is 1. The SMILES string of the molecule is O=C(NCc1ccc(S(=O)(=O)N2CCOCC2)cc1)Nc1ccc(Cl)cc1. The zero-order chi connectivity index (χ0) is 19.3. The van der Waals surface area contributed by atoms with Crippen molar-refractivity contribution >= 4 is 33.3 Å². The van der Waals surface area contributed by atoms with Gasteiger partial charge in [-0.15, -0.1) is 0 Å². The number of benzene rings is 2. The fourth-order valence-electron chi connectivity index (χ4n) is 2.61. The number of hydrogen-bond donors (Lipinski definition) is 2. The van der Waals surface area contributed by atoms with Gasteiger partial charge in [0.2, 0.25) is 10.0 Å². The molecule has 1 aliphatic heterocycles. The van der Waals surface area contributed by atoms with E-state index in [1.807, 2.05) is 0 Å². The summed E-state index contributed by atoms with van der Waals surface area (Å²) in [5.74, 6) is 0. The van der Waals surface area contributed by atoms with Crippen LogP contribution in [0.25, 0.3) is 0 Å². The summed E-state index contributed by atoms with van der Waals surface area (Å²) in [5.41, 5.74) is 1.42. The molecule has 1 saturated heterocycles. The highest BCUT2D eigenvalue weighted by molar-refractivity contribution is 7.89. The minimum Gasteiger partial charge on any atom is -0.379 e. The number of nitrogens with zero attached hydrogens (tertiary/aromatic N) is 1. The molecule has 0 unspecified atom stereocenters. The average molecular weight is 410 g/mol. The minimum atomic E-state index is -3.51. The van der Waals surface area contributed by atoms with E-state index in [9.17, 15) is 13.2 Å². The van der Waals surface area contributed by atoms with E-state index in [2.05, 4.69) is 10.6 Å². The Kier molecular flexibility index (Phi) is 6.33. The number of halogens is 1. The number of carbonyl (C=O) groups is 1. The number of amides is 2. The molecule has 0 radical (unpaired) electrons. The van der Waals surface area contributed by atoms with Gasteiger partial charge in [0.15, 0.2) is 0 Å². The zero-order valence-electron chi connectivity index (χ0n) is 14.5. The number of anilines is 1. The van der Waals surface area contributed by atoms with Crippen LogP contribution in [0.15, 0.2) is 53.4 Å². The van der Waals surface area contributed by atoms with E-state index in [1.54, 1.807) is 48.5 Å². The highest BCUT2D eigenvalue weighted by atomic mass is 35.5. The first-order chi connectivity index (χ1) is 12.9.